The van der Waals surface area contributed by atoms with Gasteiger partial charge in [-0.1, -0.05) is 0 Å². The molecule has 0 radical (unpaired) electrons. The molecule has 2 rings (SSSR count). The van der Waals surface area contributed by atoms with Gasteiger partial charge in [0.05, 0.1) is 17.7 Å². The van der Waals surface area contributed by atoms with E-state index in [-0.39, 0.29) is 0 Å². The summed E-state index contributed by atoms with van der Waals surface area (Å²) < 4.78 is 2.80. The predicted molar refractivity (Wildman–Crippen MR) is 68.3 cm³/mol. The van der Waals surface area contributed by atoms with Crippen LogP contribution in [0, 0.1) is 6.92 Å². The first kappa shape index (κ1) is 11.2. The molecule has 1 aromatic heterocycles. The zero-order valence-electron chi connectivity index (χ0n) is 8.94. The standard InChI is InChI=1S/C11H13BrN4/c1-7-5-16(6-15-7)9-2-8(4-13)11(14)10(12)3-9/h2-3,5-6H,4,13-14H2,1H3. The molecule has 1 heterocycles. The van der Waals surface area contributed by atoms with Crippen LogP contribution in [0.15, 0.2) is 29.1 Å². The van der Waals surface area contributed by atoms with Crippen LogP contribution in [0.1, 0.15) is 11.3 Å². The third-order valence-electron chi connectivity index (χ3n) is 2.43. The summed E-state index contributed by atoms with van der Waals surface area (Å²) in [6.07, 6.45) is 3.73. The van der Waals surface area contributed by atoms with Gasteiger partial charge in [-0.25, -0.2) is 4.98 Å². The minimum Gasteiger partial charge on any atom is -0.398 e. The quantitative estimate of drug-likeness (QED) is 0.827. The lowest BCUT2D eigenvalue weighted by Crippen LogP contribution is -2.04. The van der Waals surface area contributed by atoms with Crippen molar-refractivity contribution in [3.8, 4) is 5.69 Å². The molecule has 0 saturated heterocycles. The zero-order chi connectivity index (χ0) is 11.7. The SMILES string of the molecule is Cc1cn(-c2cc(Br)c(N)c(CN)c2)cn1. The Labute approximate surface area is 102 Å². The molecule has 0 aliphatic heterocycles. The number of hydrogen-bond acceptors (Lipinski definition) is 3. The topological polar surface area (TPSA) is 69.9 Å². The van der Waals surface area contributed by atoms with E-state index in [0.717, 1.165) is 21.4 Å². The van der Waals surface area contributed by atoms with Crippen LogP contribution < -0.4 is 11.5 Å². The normalized spacial score (nSPS) is 10.7. The number of hydrogen-bond donors (Lipinski definition) is 2. The molecule has 84 valence electrons. The number of aromatic nitrogens is 2. The van der Waals surface area contributed by atoms with Gasteiger partial charge in [-0.15, -0.1) is 0 Å². The van der Waals surface area contributed by atoms with Gasteiger partial charge in [0.15, 0.2) is 0 Å². The van der Waals surface area contributed by atoms with Gasteiger partial charge in [-0.05, 0) is 40.5 Å². The fraction of sp³-hybridized carbons (Fsp3) is 0.182. The van der Waals surface area contributed by atoms with Crippen molar-refractivity contribution in [2.45, 2.75) is 13.5 Å². The highest BCUT2D eigenvalue weighted by atomic mass is 79.9. The molecule has 1 aromatic carbocycles. The van der Waals surface area contributed by atoms with Crippen LogP contribution in [0.5, 0.6) is 0 Å². The highest BCUT2D eigenvalue weighted by Crippen LogP contribution is 2.27. The average molecular weight is 281 g/mol. The Morgan fingerprint density at radius 2 is 2.19 bits per heavy atom. The number of halogens is 1. The summed E-state index contributed by atoms with van der Waals surface area (Å²) in [7, 11) is 0. The smallest absolute Gasteiger partial charge is 0.0995 e. The molecule has 0 fully saturated rings. The maximum Gasteiger partial charge on any atom is 0.0995 e. The first-order chi connectivity index (χ1) is 7.61. The van der Waals surface area contributed by atoms with Gasteiger partial charge in [0.1, 0.15) is 0 Å². The lowest BCUT2D eigenvalue weighted by atomic mass is 10.1. The Morgan fingerprint density at radius 1 is 1.44 bits per heavy atom. The van der Waals surface area contributed by atoms with Gasteiger partial charge in [0.2, 0.25) is 0 Å². The Bertz CT molecular complexity index is 519. The van der Waals surface area contributed by atoms with E-state index >= 15 is 0 Å². The van der Waals surface area contributed by atoms with E-state index in [9.17, 15) is 0 Å². The van der Waals surface area contributed by atoms with E-state index in [2.05, 4.69) is 20.9 Å². The molecule has 2 aromatic rings. The van der Waals surface area contributed by atoms with Crippen molar-refractivity contribution < 1.29 is 0 Å². The molecule has 0 spiro atoms. The van der Waals surface area contributed by atoms with Crippen molar-refractivity contribution >= 4 is 21.6 Å². The Kier molecular flexibility index (Phi) is 2.98. The summed E-state index contributed by atoms with van der Waals surface area (Å²) in [5.74, 6) is 0. The molecule has 0 unspecified atom stereocenters. The monoisotopic (exact) mass is 280 g/mol. The van der Waals surface area contributed by atoms with Crippen LogP contribution in [0.3, 0.4) is 0 Å². The average Bonchev–Trinajstić information content (AvgIpc) is 2.69. The second-order valence-electron chi connectivity index (χ2n) is 3.63. The molecule has 0 amide bonds. The number of imidazole rings is 1. The van der Waals surface area contributed by atoms with Crippen LogP contribution in [0.25, 0.3) is 5.69 Å². The lowest BCUT2D eigenvalue weighted by molar-refractivity contribution is 1.02. The summed E-state index contributed by atoms with van der Waals surface area (Å²) in [6, 6.07) is 3.93. The molecule has 16 heavy (non-hydrogen) atoms. The van der Waals surface area contributed by atoms with Gasteiger partial charge in [-0.3, -0.25) is 0 Å². The molecule has 0 atom stereocenters. The van der Waals surface area contributed by atoms with Gasteiger partial charge < -0.3 is 16.0 Å². The van der Waals surface area contributed by atoms with E-state index in [4.69, 9.17) is 11.5 Å². The molecule has 4 nitrogen and oxygen atoms in total. The maximum atomic E-state index is 5.89. The summed E-state index contributed by atoms with van der Waals surface area (Å²) in [6.45, 7) is 2.37. The van der Waals surface area contributed by atoms with Crippen molar-refractivity contribution in [3.05, 3.63) is 40.4 Å². The second kappa shape index (κ2) is 4.27. The van der Waals surface area contributed by atoms with Crippen molar-refractivity contribution in [3.63, 3.8) is 0 Å². The van der Waals surface area contributed by atoms with Crippen LogP contribution in [-0.2, 0) is 6.54 Å². The van der Waals surface area contributed by atoms with Crippen molar-refractivity contribution in [2.24, 2.45) is 5.73 Å². The van der Waals surface area contributed by atoms with Crippen LogP contribution >= 0.6 is 15.9 Å². The Hall–Kier alpha value is -1.33. The molecule has 4 N–H and O–H groups in total. The fourth-order valence-electron chi connectivity index (χ4n) is 1.54. The number of anilines is 1. The van der Waals surface area contributed by atoms with Crippen molar-refractivity contribution in [1.29, 1.82) is 0 Å². The number of rotatable bonds is 2. The summed E-state index contributed by atoms with van der Waals surface area (Å²) in [4.78, 5) is 4.19. The third kappa shape index (κ3) is 1.96. The molecule has 5 heteroatoms. The van der Waals surface area contributed by atoms with E-state index in [1.807, 2.05) is 29.8 Å². The molecule has 0 saturated carbocycles. The summed E-state index contributed by atoms with van der Waals surface area (Å²) in [5, 5.41) is 0. The van der Waals surface area contributed by atoms with E-state index in [1.165, 1.54) is 0 Å². The predicted octanol–water partition coefficient (Wildman–Crippen LogP) is 1.98. The highest BCUT2D eigenvalue weighted by Gasteiger charge is 2.06. The van der Waals surface area contributed by atoms with E-state index in [0.29, 0.717) is 12.2 Å². The van der Waals surface area contributed by atoms with Gasteiger partial charge in [0.25, 0.3) is 0 Å². The van der Waals surface area contributed by atoms with E-state index < -0.39 is 0 Å². The molecule has 0 aliphatic carbocycles. The minimum absolute atomic E-state index is 0.423. The van der Waals surface area contributed by atoms with Crippen LogP contribution in [0.4, 0.5) is 5.69 Å². The highest BCUT2D eigenvalue weighted by molar-refractivity contribution is 9.10. The number of aryl methyl sites for hydroxylation is 1. The number of nitrogens with two attached hydrogens (primary N) is 2. The fourth-order valence-corrected chi connectivity index (χ4v) is 2.03. The second-order valence-corrected chi connectivity index (χ2v) is 4.48. The van der Waals surface area contributed by atoms with Gasteiger partial charge in [0, 0.05) is 22.9 Å². The molecular weight excluding hydrogens is 268 g/mol. The lowest BCUT2D eigenvalue weighted by Gasteiger charge is -2.09. The first-order valence-electron chi connectivity index (χ1n) is 4.90. The molecule has 0 aliphatic rings. The summed E-state index contributed by atoms with van der Waals surface area (Å²) >= 11 is 3.43. The van der Waals surface area contributed by atoms with E-state index in [1.54, 1.807) is 6.33 Å². The number of nitrogens with zero attached hydrogens (tertiary/aromatic N) is 2. The van der Waals surface area contributed by atoms with Gasteiger partial charge in [-0.2, -0.15) is 0 Å². The minimum atomic E-state index is 0.423. The Morgan fingerprint density at radius 3 is 2.75 bits per heavy atom. The largest absolute Gasteiger partial charge is 0.398 e. The van der Waals surface area contributed by atoms with Crippen molar-refractivity contribution in [1.82, 2.24) is 9.55 Å². The maximum absolute atomic E-state index is 5.89. The van der Waals surface area contributed by atoms with Crippen LogP contribution in [-0.4, -0.2) is 9.55 Å². The van der Waals surface area contributed by atoms with Crippen LogP contribution in [0.2, 0.25) is 0 Å². The van der Waals surface area contributed by atoms with Crippen molar-refractivity contribution in [2.75, 3.05) is 5.73 Å². The van der Waals surface area contributed by atoms with Gasteiger partial charge >= 0.3 is 0 Å². The first-order valence-corrected chi connectivity index (χ1v) is 5.70. The molecular formula is C11H13BrN4. The number of nitrogen functional groups attached to an aromatic ring is 1. The third-order valence-corrected chi connectivity index (χ3v) is 3.09. The summed E-state index contributed by atoms with van der Waals surface area (Å²) in [5.41, 5.74) is 15.1. The number of benzene rings is 1. The zero-order valence-corrected chi connectivity index (χ0v) is 10.5. The molecule has 0 bridgehead atoms. The Balaban J connectivity index is 2.54.